The van der Waals surface area contributed by atoms with E-state index in [4.69, 9.17) is 11.6 Å². The van der Waals surface area contributed by atoms with Crippen molar-refractivity contribution < 1.29 is 9.18 Å². The molecule has 1 unspecified atom stereocenters. The number of H-pyrrole nitrogens is 1. The van der Waals surface area contributed by atoms with Gasteiger partial charge in [-0.25, -0.2) is 9.18 Å². The van der Waals surface area contributed by atoms with E-state index in [1.807, 2.05) is 6.92 Å². The number of anilines is 1. The van der Waals surface area contributed by atoms with E-state index >= 15 is 0 Å². The number of urea groups is 1. The number of fused-ring (bicyclic) bond motifs is 1. The highest BCUT2D eigenvalue weighted by atomic mass is 35.5. The minimum absolute atomic E-state index is 0.0730. The predicted molar refractivity (Wildman–Crippen MR) is 99.0 cm³/mol. The molecule has 0 spiro atoms. The van der Waals surface area contributed by atoms with Crippen LogP contribution in [0.3, 0.4) is 0 Å². The molecule has 2 heterocycles. The van der Waals surface area contributed by atoms with Crippen LogP contribution >= 0.6 is 11.6 Å². The number of hydrogen-bond donors (Lipinski definition) is 2. The fourth-order valence-corrected chi connectivity index (χ4v) is 2.80. The molecule has 1 aromatic carbocycles. The van der Waals surface area contributed by atoms with Crippen molar-refractivity contribution in [1.29, 1.82) is 0 Å². The average molecular weight is 375 g/mol. The third-order valence-electron chi connectivity index (χ3n) is 4.21. The van der Waals surface area contributed by atoms with Crippen molar-refractivity contribution in [2.45, 2.75) is 13.0 Å². The Morgan fingerprint density at radius 3 is 2.88 bits per heavy atom. The Morgan fingerprint density at radius 1 is 1.38 bits per heavy atom. The number of aromatic nitrogens is 2. The van der Waals surface area contributed by atoms with E-state index in [2.05, 4.69) is 15.3 Å². The molecule has 1 atom stereocenters. The number of nitrogens with zero attached hydrogens (tertiary/aromatic N) is 2. The third kappa shape index (κ3) is 3.39. The third-order valence-corrected chi connectivity index (χ3v) is 4.50. The molecule has 0 saturated heterocycles. The van der Waals surface area contributed by atoms with Gasteiger partial charge in [-0.1, -0.05) is 17.7 Å². The Labute approximate surface area is 153 Å². The molecule has 3 rings (SSSR count). The van der Waals surface area contributed by atoms with Crippen molar-refractivity contribution in [3.63, 3.8) is 0 Å². The lowest BCUT2D eigenvalue weighted by Crippen LogP contribution is -2.34. The molecule has 2 aromatic heterocycles. The van der Waals surface area contributed by atoms with Gasteiger partial charge in [-0.05, 0) is 31.2 Å². The fraction of sp³-hybridized carbons (Fsp3) is 0.167. The lowest BCUT2D eigenvalue weighted by atomic mass is 10.0. The van der Waals surface area contributed by atoms with Gasteiger partial charge < -0.3 is 15.2 Å². The minimum atomic E-state index is -0.557. The number of halogens is 2. The molecule has 0 radical (unpaired) electrons. The number of benzene rings is 1. The number of pyridine rings is 2. The summed E-state index contributed by atoms with van der Waals surface area (Å²) >= 11 is 5.73. The lowest BCUT2D eigenvalue weighted by Gasteiger charge is -2.26. The molecule has 134 valence electrons. The van der Waals surface area contributed by atoms with Crippen LogP contribution in [0.5, 0.6) is 0 Å². The van der Waals surface area contributed by atoms with Crippen molar-refractivity contribution in [2.75, 3.05) is 12.4 Å². The molecule has 0 aliphatic carbocycles. The zero-order valence-corrected chi connectivity index (χ0v) is 14.8. The van der Waals surface area contributed by atoms with Crippen molar-refractivity contribution in [3.8, 4) is 0 Å². The number of amides is 2. The summed E-state index contributed by atoms with van der Waals surface area (Å²) in [6, 6.07) is 6.72. The first kappa shape index (κ1) is 17.9. The number of hydrogen-bond acceptors (Lipinski definition) is 3. The van der Waals surface area contributed by atoms with Gasteiger partial charge in [-0.15, -0.1) is 0 Å². The highest BCUT2D eigenvalue weighted by Crippen LogP contribution is 2.25. The summed E-state index contributed by atoms with van der Waals surface area (Å²) in [4.78, 5) is 32.6. The Kier molecular flexibility index (Phi) is 4.90. The largest absolute Gasteiger partial charge is 0.327 e. The number of aromatic amines is 1. The molecular weight excluding hydrogens is 359 g/mol. The Hall–Kier alpha value is -2.93. The van der Waals surface area contributed by atoms with Crippen LogP contribution in [-0.2, 0) is 0 Å². The molecule has 2 amide bonds. The summed E-state index contributed by atoms with van der Waals surface area (Å²) in [5.74, 6) is -0.557. The van der Waals surface area contributed by atoms with Crippen molar-refractivity contribution in [3.05, 3.63) is 69.5 Å². The van der Waals surface area contributed by atoms with Crippen LogP contribution in [0.1, 0.15) is 18.5 Å². The summed E-state index contributed by atoms with van der Waals surface area (Å²) in [5.41, 5.74) is 1.16. The lowest BCUT2D eigenvalue weighted by molar-refractivity contribution is 0.208. The summed E-state index contributed by atoms with van der Waals surface area (Å²) in [5, 5.41) is 3.27. The van der Waals surface area contributed by atoms with Gasteiger partial charge in [0.15, 0.2) is 0 Å². The van der Waals surface area contributed by atoms with Crippen LogP contribution in [0.15, 0.2) is 47.5 Å². The summed E-state index contributed by atoms with van der Waals surface area (Å²) in [6.45, 7) is 1.83. The van der Waals surface area contributed by atoms with Crippen LogP contribution in [0.4, 0.5) is 14.9 Å². The highest BCUT2D eigenvalue weighted by Gasteiger charge is 2.20. The topological polar surface area (TPSA) is 78.1 Å². The number of rotatable bonds is 3. The SMILES string of the molecule is CC(c1c[nH]c(=O)c2ncccc12)N(C)C(=O)Nc1ccc(F)c(Cl)c1. The standard InChI is InChI=1S/C18H16ClFN4O2/c1-10(13-9-22-17(25)16-12(13)4-3-7-21-16)24(2)18(26)23-11-5-6-15(20)14(19)8-11/h3-10H,1-2H3,(H,22,25)(H,23,26). The van der Waals surface area contributed by atoms with Crippen LogP contribution < -0.4 is 10.9 Å². The van der Waals surface area contributed by atoms with Crippen LogP contribution in [0.2, 0.25) is 5.02 Å². The van der Waals surface area contributed by atoms with Gasteiger partial charge >= 0.3 is 6.03 Å². The smallest absolute Gasteiger partial charge is 0.322 e. The summed E-state index contributed by atoms with van der Waals surface area (Å²) < 4.78 is 13.2. The Bertz CT molecular complexity index is 1040. The molecule has 3 aromatic rings. The zero-order valence-electron chi connectivity index (χ0n) is 14.1. The first-order chi connectivity index (χ1) is 12.4. The quantitative estimate of drug-likeness (QED) is 0.728. The average Bonchev–Trinajstić information content (AvgIpc) is 2.64. The van der Waals surface area contributed by atoms with Crippen molar-refractivity contribution >= 4 is 34.2 Å². The molecule has 8 heteroatoms. The van der Waals surface area contributed by atoms with Crippen LogP contribution in [0.25, 0.3) is 10.9 Å². The van der Waals surface area contributed by atoms with Gasteiger partial charge in [0, 0.05) is 36.1 Å². The molecule has 6 nitrogen and oxygen atoms in total. The minimum Gasteiger partial charge on any atom is -0.327 e. The van der Waals surface area contributed by atoms with Gasteiger partial charge in [0.25, 0.3) is 5.56 Å². The second-order valence-corrected chi connectivity index (χ2v) is 6.23. The molecule has 0 aliphatic heterocycles. The highest BCUT2D eigenvalue weighted by molar-refractivity contribution is 6.31. The second-order valence-electron chi connectivity index (χ2n) is 5.82. The summed E-state index contributed by atoms with van der Waals surface area (Å²) in [7, 11) is 1.62. The van der Waals surface area contributed by atoms with Crippen molar-refractivity contribution in [1.82, 2.24) is 14.9 Å². The predicted octanol–water partition coefficient (Wildman–Crippen LogP) is 3.94. The maximum absolute atomic E-state index is 13.2. The van der Waals surface area contributed by atoms with Gasteiger partial charge in [0.05, 0.1) is 11.1 Å². The van der Waals surface area contributed by atoms with Crippen LogP contribution in [0, 0.1) is 5.82 Å². The Morgan fingerprint density at radius 2 is 2.15 bits per heavy atom. The fourth-order valence-electron chi connectivity index (χ4n) is 2.62. The maximum Gasteiger partial charge on any atom is 0.322 e. The van der Waals surface area contributed by atoms with Gasteiger partial charge in [0.2, 0.25) is 0 Å². The van der Waals surface area contributed by atoms with E-state index in [0.717, 1.165) is 5.56 Å². The molecule has 0 saturated carbocycles. The first-order valence-electron chi connectivity index (χ1n) is 7.83. The van der Waals surface area contributed by atoms with E-state index in [9.17, 15) is 14.0 Å². The Balaban J connectivity index is 1.86. The summed E-state index contributed by atoms with van der Waals surface area (Å²) in [6.07, 6.45) is 3.12. The first-order valence-corrected chi connectivity index (χ1v) is 8.21. The van der Waals surface area contributed by atoms with E-state index in [1.165, 1.54) is 23.1 Å². The maximum atomic E-state index is 13.2. The van der Waals surface area contributed by atoms with Gasteiger partial charge in [-0.2, -0.15) is 0 Å². The molecule has 0 aliphatic rings. The molecular formula is C18H16ClFN4O2. The molecule has 2 N–H and O–H groups in total. The number of carbonyl (C=O) groups excluding carboxylic acids is 1. The normalized spacial score (nSPS) is 12.0. The van der Waals surface area contributed by atoms with Gasteiger partial charge in [-0.3, -0.25) is 9.78 Å². The monoisotopic (exact) mass is 374 g/mol. The van der Waals surface area contributed by atoms with Crippen molar-refractivity contribution in [2.24, 2.45) is 0 Å². The molecule has 0 fully saturated rings. The molecule has 26 heavy (non-hydrogen) atoms. The van der Waals surface area contributed by atoms with E-state index < -0.39 is 11.8 Å². The van der Waals surface area contributed by atoms with Gasteiger partial charge in [0.1, 0.15) is 11.3 Å². The second kappa shape index (κ2) is 7.13. The molecule has 0 bridgehead atoms. The van der Waals surface area contributed by atoms with E-state index in [-0.39, 0.29) is 16.6 Å². The zero-order chi connectivity index (χ0) is 18.8. The number of carbonyl (C=O) groups is 1. The number of nitrogens with one attached hydrogen (secondary N) is 2. The van der Waals surface area contributed by atoms with Crippen LogP contribution in [-0.4, -0.2) is 27.9 Å². The van der Waals surface area contributed by atoms with E-state index in [1.54, 1.807) is 31.6 Å². The van der Waals surface area contributed by atoms with E-state index in [0.29, 0.717) is 16.6 Å².